The standard InChI is InChI=1S/C9H15N3O2S/c1-4-7(8(13)12-10)15-9-11-5(2)6(3)14-9/h7H,4,10H2,1-3H3,(H,12,13). The van der Waals surface area contributed by atoms with E-state index < -0.39 is 0 Å². The average molecular weight is 229 g/mol. The molecule has 0 saturated carbocycles. The molecule has 6 heteroatoms. The first kappa shape index (κ1) is 12.1. The van der Waals surface area contributed by atoms with Crippen LogP contribution in [-0.4, -0.2) is 16.1 Å². The number of nitrogens with one attached hydrogen (secondary N) is 1. The number of nitrogens with two attached hydrogens (primary N) is 1. The number of amides is 1. The lowest BCUT2D eigenvalue weighted by atomic mass is 10.3. The van der Waals surface area contributed by atoms with Gasteiger partial charge in [-0.2, -0.15) is 0 Å². The molecule has 1 heterocycles. The van der Waals surface area contributed by atoms with Crippen molar-refractivity contribution in [3.63, 3.8) is 0 Å². The summed E-state index contributed by atoms with van der Waals surface area (Å²) < 4.78 is 5.37. The molecular formula is C9H15N3O2S. The van der Waals surface area contributed by atoms with Crippen LogP contribution in [0.3, 0.4) is 0 Å². The quantitative estimate of drug-likeness (QED) is 0.350. The number of thioether (sulfide) groups is 1. The summed E-state index contributed by atoms with van der Waals surface area (Å²) in [6, 6.07) is 0. The fraction of sp³-hybridized carbons (Fsp3) is 0.556. The molecule has 0 aliphatic carbocycles. The van der Waals surface area contributed by atoms with Crippen LogP contribution in [0.1, 0.15) is 24.8 Å². The Hall–Kier alpha value is -1.01. The van der Waals surface area contributed by atoms with E-state index in [0.717, 1.165) is 11.5 Å². The van der Waals surface area contributed by atoms with Gasteiger partial charge in [0.05, 0.1) is 10.9 Å². The second kappa shape index (κ2) is 5.18. The van der Waals surface area contributed by atoms with Gasteiger partial charge in [-0.15, -0.1) is 0 Å². The van der Waals surface area contributed by atoms with E-state index in [9.17, 15) is 4.79 Å². The Labute approximate surface area is 92.8 Å². The number of hydrazine groups is 1. The number of oxazole rings is 1. The Morgan fingerprint density at radius 2 is 2.33 bits per heavy atom. The van der Waals surface area contributed by atoms with Gasteiger partial charge in [-0.25, -0.2) is 10.8 Å². The van der Waals surface area contributed by atoms with Crippen molar-refractivity contribution in [2.24, 2.45) is 5.84 Å². The molecule has 0 aliphatic rings. The maximum Gasteiger partial charge on any atom is 0.256 e. The highest BCUT2D eigenvalue weighted by Gasteiger charge is 2.20. The molecule has 0 saturated heterocycles. The molecule has 0 aromatic carbocycles. The predicted molar refractivity (Wildman–Crippen MR) is 58.2 cm³/mol. The first-order valence-electron chi connectivity index (χ1n) is 4.69. The molecule has 0 fully saturated rings. The van der Waals surface area contributed by atoms with Gasteiger partial charge in [-0.3, -0.25) is 10.2 Å². The largest absolute Gasteiger partial charge is 0.437 e. The third-order valence-electron chi connectivity index (χ3n) is 2.06. The number of hydrogen-bond acceptors (Lipinski definition) is 5. The number of aromatic nitrogens is 1. The Kier molecular flexibility index (Phi) is 4.16. The van der Waals surface area contributed by atoms with Gasteiger partial charge in [0.2, 0.25) is 5.91 Å². The fourth-order valence-electron chi connectivity index (χ4n) is 1.03. The van der Waals surface area contributed by atoms with E-state index in [1.54, 1.807) is 0 Å². The molecule has 1 amide bonds. The fourth-order valence-corrected chi connectivity index (χ4v) is 1.98. The Morgan fingerprint density at radius 3 is 2.73 bits per heavy atom. The van der Waals surface area contributed by atoms with Crippen molar-refractivity contribution in [1.82, 2.24) is 10.4 Å². The highest BCUT2D eigenvalue weighted by Crippen LogP contribution is 2.26. The summed E-state index contributed by atoms with van der Waals surface area (Å²) >= 11 is 1.29. The monoisotopic (exact) mass is 229 g/mol. The molecule has 1 atom stereocenters. The minimum Gasteiger partial charge on any atom is -0.437 e. The number of carbonyl (C=O) groups is 1. The molecule has 0 aliphatic heterocycles. The van der Waals surface area contributed by atoms with Crippen molar-refractivity contribution in [3.05, 3.63) is 11.5 Å². The summed E-state index contributed by atoms with van der Waals surface area (Å²) in [4.78, 5) is 15.5. The van der Waals surface area contributed by atoms with Crippen LogP contribution in [0, 0.1) is 13.8 Å². The number of nitrogens with zero attached hydrogens (tertiary/aromatic N) is 1. The van der Waals surface area contributed by atoms with Crippen LogP contribution in [0.2, 0.25) is 0 Å². The van der Waals surface area contributed by atoms with Gasteiger partial charge in [0.1, 0.15) is 5.76 Å². The molecule has 15 heavy (non-hydrogen) atoms. The predicted octanol–water partition coefficient (Wildman–Crippen LogP) is 1.15. The zero-order valence-corrected chi connectivity index (χ0v) is 9.85. The van der Waals surface area contributed by atoms with E-state index >= 15 is 0 Å². The van der Waals surface area contributed by atoms with E-state index in [1.807, 2.05) is 20.8 Å². The first-order valence-corrected chi connectivity index (χ1v) is 5.57. The van der Waals surface area contributed by atoms with Gasteiger partial charge in [0.15, 0.2) is 0 Å². The number of aryl methyl sites for hydroxylation is 2. The lowest BCUT2D eigenvalue weighted by molar-refractivity contribution is -0.120. The summed E-state index contributed by atoms with van der Waals surface area (Å²) in [7, 11) is 0. The van der Waals surface area contributed by atoms with Crippen LogP contribution >= 0.6 is 11.8 Å². The Balaban J connectivity index is 2.70. The summed E-state index contributed by atoms with van der Waals surface area (Å²) in [5, 5.41) is 0.257. The molecule has 84 valence electrons. The van der Waals surface area contributed by atoms with E-state index in [-0.39, 0.29) is 11.2 Å². The van der Waals surface area contributed by atoms with E-state index in [4.69, 9.17) is 10.3 Å². The van der Waals surface area contributed by atoms with Crippen LogP contribution < -0.4 is 11.3 Å². The molecule has 0 radical (unpaired) electrons. The van der Waals surface area contributed by atoms with E-state index in [1.165, 1.54) is 11.8 Å². The van der Waals surface area contributed by atoms with Gasteiger partial charge in [0, 0.05) is 0 Å². The molecule has 5 nitrogen and oxygen atoms in total. The summed E-state index contributed by atoms with van der Waals surface area (Å²) in [6.07, 6.45) is 0.675. The van der Waals surface area contributed by atoms with E-state index in [0.29, 0.717) is 11.6 Å². The third-order valence-corrected chi connectivity index (χ3v) is 3.27. The van der Waals surface area contributed by atoms with Crippen LogP contribution in [0.5, 0.6) is 0 Å². The smallest absolute Gasteiger partial charge is 0.256 e. The van der Waals surface area contributed by atoms with Gasteiger partial charge in [-0.1, -0.05) is 18.7 Å². The van der Waals surface area contributed by atoms with Crippen LogP contribution in [-0.2, 0) is 4.79 Å². The second-order valence-electron chi connectivity index (χ2n) is 3.14. The number of carbonyl (C=O) groups excluding carboxylic acids is 1. The molecule has 1 aromatic heterocycles. The highest BCUT2D eigenvalue weighted by atomic mass is 32.2. The second-order valence-corrected chi connectivity index (χ2v) is 4.30. The topological polar surface area (TPSA) is 81.2 Å². The molecule has 1 aromatic rings. The maximum absolute atomic E-state index is 11.3. The lowest BCUT2D eigenvalue weighted by Gasteiger charge is -2.09. The van der Waals surface area contributed by atoms with Crippen molar-refractivity contribution in [1.29, 1.82) is 0 Å². The van der Waals surface area contributed by atoms with Crippen LogP contribution in [0.25, 0.3) is 0 Å². The van der Waals surface area contributed by atoms with Crippen LogP contribution in [0.15, 0.2) is 9.64 Å². The first-order chi connectivity index (χ1) is 7.08. The van der Waals surface area contributed by atoms with E-state index in [2.05, 4.69) is 10.4 Å². The molecular weight excluding hydrogens is 214 g/mol. The lowest BCUT2D eigenvalue weighted by Crippen LogP contribution is -2.37. The summed E-state index contributed by atoms with van der Waals surface area (Å²) in [5.74, 6) is 5.64. The van der Waals surface area contributed by atoms with Crippen molar-refractivity contribution < 1.29 is 9.21 Å². The zero-order valence-electron chi connectivity index (χ0n) is 9.03. The normalized spacial score (nSPS) is 12.5. The van der Waals surface area contributed by atoms with Gasteiger partial charge in [0.25, 0.3) is 5.22 Å². The third kappa shape index (κ3) is 2.97. The van der Waals surface area contributed by atoms with Gasteiger partial charge >= 0.3 is 0 Å². The summed E-state index contributed by atoms with van der Waals surface area (Å²) in [5.41, 5.74) is 2.98. The molecule has 0 spiro atoms. The molecule has 0 bridgehead atoms. The Bertz CT molecular complexity index is 332. The zero-order chi connectivity index (χ0) is 11.4. The average Bonchev–Trinajstić information content (AvgIpc) is 2.53. The molecule has 1 unspecified atom stereocenters. The highest BCUT2D eigenvalue weighted by molar-refractivity contribution is 8.00. The minimum atomic E-state index is -0.257. The summed E-state index contributed by atoms with van der Waals surface area (Å²) in [6.45, 7) is 5.62. The van der Waals surface area contributed by atoms with Gasteiger partial charge < -0.3 is 4.42 Å². The minimum absolute atomic E-state index is 0.212. The number of rotatable bonds is 4. The van der Waals surface area contributed by atoms with Gasteiger partial charge in [-0.05, 0) is 20.3 Å². The number of hydrogen-bond donors (Lipinski definition) is 2. The molecule has 1 rings (SSSR count). The van der Waals surface area contributed by atoms with Crippen LogP contribution in [0.4, 0.5) is 0 Å². The van der Waals surface area contributed by atoms with Crippen molar-refractivity contribution in [2.45, 2.75) is 37.7 Å². The maximum atomic E-state index is 11.3. The van der Waals surface area contributed by atoms with Crippen molar-refractivity contribution >= 4 is 17.7 Å². The van der Waals surface area contributed by atoms with Crippen molar-refractivity contribution in [3.8, 4) is 0 Å². The van der Waals surface area contributed by atoms with Crippen molar-refractivity contribution in [2.75, 3.05) is 0 Å². The Morgan fingerprint density at radius 1 is 1.67 bits per heavy atom. The SMILES string of the molecule is CCC(Sc1nc(C)c(C)o1)C(=O)NN. The molecule has 3 N–H and O–H groups in total.